The van der Waals surface area contributed by atoms with Crippen LogP contribution in [0, 0.1) is 0 Å². The largest absolute Gasteiger partial charge is 0.352 e. The Hall–Kier alpha value is -1.98. The maximum Gasteiger partial charge on any atom is 0.309 e. The molecule has 4 amide bonds. The lowest BCUT2D eigenvalue weighted by Crippen LogP contribution is -2.18. The molecule has 0 unspecified atom stereocenters. The van der Waals surface area contributed by atoms with E-state index in [1.54, 1.807) is 0 Å². The van der Waals surface area contributed by atoms with Crippen LogP contribution in [-0.4, -0.2) is 12.1 Å². The molecule has 0 saturated carbocycles. The van der Waals surface area contributed by atoms with Gasteiger partial charge in [-0.25, -0.2) is 9.59 Å². The topological polar surface area (TPSA) is 138 Å². The molecule has 0 aliphatic heterocycles. The fraction of sp³-hybridized carbons (Fsp3) is 0. The van der Waals surface area contributed by atoms with Crippen LogP contribution in [-0.2, 0) is 0 Å². The van der Waals surface area contributed by atoms with Crippen molar-refractivity contribution in [1.82, 2.24) is 0 Å². The van der Waals surface area contributed by atoms with Crippen LogP contribution >= 0.6 is 0 Å². The number of carbonyl (C=O) groups is 2. The second kappa shape index (κ2) is 35.9. The van der Waals surface area contributed by atoms with E-state index < -0.39 is 12.1 Å². The van der Waals surface area contributed by atoms with Crippen LogP contribution in [0.15, 0.2) is 26.3 Å². The molecule has 12 heavy (non-hydrogen) atoms. The SMILES string of the molecule is C=C.C=C.NC(N)=O.NC(N)=O. The van der Waals surface area contributed by atoms with E-state index in [2.05, 4.69) is 49.3 Å². The van der Waals surface area contributed by atoms with Crippen LogP contribution in [0.2, 0.25) is 0 Å². The maximum atomic E-state index is 9.00. The third-order valence-electron chi connectivity index (χ3n) is 0. The summed E-state index contributed by atoms with van der Waals surface area (Å²) in [7, 11) is 0. The molecule has 72 valence electrons. The molecular weight excluding hydrogens is 160 g/mol. The van der Waals surface area contributed by atoms with Gasteiger partial charge in [-0.3, -0.25) is 0 Å². The molecule has 0 aromatic heterocycles. The number of hydrogen-bond acceptors (Lipinski definition) is 2. The van der Waals surface area contributed by atoms with Crippen LogP contribution in [0.25, 0.3) is 0 Å². The Labute approximate surface area is 71.9 Å². The molecule has 0 fully saturated rings. The Balaban J connectivity index is -0.0000000380. The number of urea groups is 2. The van der Waals surface area contributed by atoms with E-state index >= 15 is 0 Å². The van der Waals surface area contributed by atoms with Crippen LogP contribution < -0.4 is 22.9 Å². The summed E-state index contributed by atoms with van der Waals surface area (Å²) in [5.74, 6) is 0. The van der Waals surface area contributed by atoms with Gasteiger partial charge in [-0.05, 0) is 0 Å². The van der Waals surface area contributed by atoms with Gasteiger partial charge in [0.1, 0.15) is 0 Å². The summed E-state index contributed by atoms with van der Waals surface area (Å²) in [5.41, 5.74) is 17.0. The van der Waals surface area contributed by atoms with Gasteiger partial charge in [0.25, 0.3) is 0 Å². The molecule has 0 radical (unpaired) electrons. The van der Waals surface area contributed by atoms with E-state index in [4.69, 9.17) is 9.59 Å². The molecule has 0 atom stereocenters. The molecule has 0 saturated heterocycles. The number of rotatable bonds is 0. The minimum atomic E-state index is -0.833. The molecule has 0 bridgehead atoms. The van der Waals surface area contributed by atoms with Crippen molar-refractivity contribution in [1.29, 1.82) is 0 Å². The number of carbonyl (C=O) groups excluding carboxylic acids is 2. The lowest BCUT2D eigenvalue weighted by molar-refractivity contribution is 0.255. The average molecular weight is 176 g/mol. The first-order valence-corrected chi connectivity index (χ1v) is 2.56. The van der Waals surface area contributed by atoms with Crippen LogP contribution in [0.5, 0.6) is 0 Å². The van der Waals surface area contributed by atoms with E-state index in [-0.39, 0.29) is 0 Å². The van der Waals surface area contributed by atoms with Crippen molar-refractivity contribution < 1.29 is 9.59 Å². The molecule has 0 spiro atoms. The summed E-state index contributed by atoms with van der Waals surface area (Å²) < 4.78 is 0. The van der Waals surface area contributed by atoms with Crippen molar-refractivity contribution in [3.05, 3.63) is 26.3 Å². The van der Waals surface area contributed by atoms with Gasteiger partial charge >= 0.3 is 12.1 Å². The van der Waals surface area contributed by atoms with Crippen molar-refractivity contribution >= 4 is 12.1 Å². The Bertz CT molecular complexity index is 94.1. The second-order valence-corrected chi connectivity index (χ2v) is 0.805. The summed E-state index contributed by atoms with van der Waals surface area (Å²) in [6.45, 7) is 12.0. The van der Waals surface area contributed by atoms with Gasteiger partial charge < -0.3 is 22.9 Å². The van der Waals surface area contributed by atoms with Crippen molar-refractivity contribution in [2.45, 2.75) is 0 Å². The Morgan fingerprint density at radius 2 is 0.667 bits per heavy atom. The van der Waals surface area contributed by atoms with Crippen LogP contribution in [0.4, 0.5) is 9.59 Å². The highest BCUT2D eigenvalue weighted by atomic mass is 16.2. The lowest BCUT2D eigenvalue weighted by Gasteiger charge is -1.62. The fourth-order valence-corrected chi connectivity index (χ4v) is 0. The standard InChI is InChI=1S/2C2H4.2CH4N2O/c2*1-2;2*2-1(3)4/h2*1-2H2;2*(H4,2,3,4). The summed E-state index contributed by atoms with van der Waals surface area (Å²) in [5, 5.41) is 0. The normalized spacial score (nSPS) is 4.67. The number of primary amides is 4. The van der Waals surface area contributed by atoms with Gasteiger partial charge in [-0.1, -0.05) is 0 Å². The van der Waals surface area contributed by atoms with E-state index in [9.17, 15) is 0 Å². The van der Waals surface area contributed by atoms with Crippen LogP contribution in [0.1, 0.15) is 0 Å². The first kappa shape index (κ1) is 22.5. The van der Waals surface area contributed by atoms with Crippen molar-refractivity contribution in [3.63, 3.8) is 0 Å². The molecule has 0 aliphatic carbocycles. The minimum absolute atomic E-state index is 0.833. The third kappa shape index (κ3) is 101. The van der Waals surface area contributed by atoms with E-state index in [1.807, 2.05) is 0 Å². The highest BCUT2D eigenvalue weighted by molar-refractivity contribution is 5.69. The zero-order valence-corrected chi connectivity index (χ0v) is 6.95. The average Bonchev–Trinajstić information content (AvgIpc) is 1.93. The maximum absolute atomic E-state index is 9.00. The van der Waals surface area contributed by atoms with E-state index in [0.29, 0.717) is 0 Å². The predicted molar refractivity (Wildman–Crippen MR) is 50.0 cm³/mol. The third-order valence-corrected chi connectivity index (χ3v) is 0. The molecule has 6 heteroatoms. The fourth-order valence-electron chi connectivity index (χ4n) is 0. The summed E-state index contributed by atoms with van der Waals surface area (Å²) in [4.78, 5) is 18.0. The zero-order chi connectivity index (χ0) is 11.2. The Kier molecular flexibility index (Phi) is 67.3. The predicted octanol–water partition coefficient (Wildman–Crippen LogP) is -0.348. The van der Waals surface area contributed by atoms with E-state index in [0.717, 1.165) is 0 Å². The van der Waals surface area contributed by atoms with E-state index in [1.165, 1.54) is 0 Å². The van der Waals surface area contributed by atoms with Crippen molar-refractivity contribution in [2.24, 2.45) is 22.9 Å². The second-order valence-electron chi connectivity index (χ2n) is 0.805. The molecule has 6 nitrogen and oxygen atoms in total. The number of hydrogen-bond donors (Lipinski definition) is 4. The quantitative estimate of drug-likeness (QED) is 0.375. The molecule has 0 rings (SSSR count). The van der Waals surface area contributed by atoms with Crippen molar-refractivity contribution in [2.75, 3.05) is 0 Å². The lowest BCUT2D eigenvalue weighted by atomic mass is 11.2. The molecule has 0 aromatic rings. The van der Waals surface area contributed by atoms with Gasteiger partial charge in [-0.15, -0.1) is 26.3 Å². The smallest absolute Gasteiger partial charge is 0.309 e. The molecule has 0 aliphatic rings. The summed E-state index contributed by atoms with van der Waals surface area (Å²) in [6, 6.07) is -1.67. The van der Waals surface area contributed by atoms with Gasteiger partial charge in [0, 0.05) is 0 Å². The first-order valence-electron chi connectivity index (χ1n) is 2.56. The number of nitrogens with two attached hydrogens (primary N) is 4. The Morgan fingerprint density at radius 1 is 0.667 bits per heavy atom. The van der Waals surface area contributed by atoms with Gasteiger partial charge in [0.05, 0.1) is 0 Å². The van der Waals surface area contributed by atoms with Gasteiger partial charge in [0.15, 0.2) is 0 Å². The number of amides is 4. The molecule has 8 N–H and O–H groups in total. The molecule has 0 aromatic carbocycles. The summed E-state index contributed by atoms with van der Waals surface area (Å²) >= 11 is 0. The first-order chi connectivity index (χ1) is 5.46. The minimum Gasteiger partial charge on any atom is -0.352 e. The van der Waals surface area contributed by atoms with Gasteiger partial charge in [0.2, 0.25) is 0 Å². The highest BCUT2D eigenvalue weighted by Crippen LogP contribution is 1.26. The molecular formula is C6H16N4O2. The zero-order valence-electron chi connectivity index (χ0n) is 6.95. The van der Waals surface area contributed by atoms with Crippen LogP contribution in [0.3, 0.4) is 0 Å². The highest BCUT2D eigenvalue weighted by Gasteiger charge is 1.61. The molecule has 0 heterocycles. The van der Waals surface area contributed by atoms with Crippen molar-refractivity contribution in [3.8, 4) is 0 Å². The monoisotopic (exact) mass is 176 g/mol. The Morgan fingerprint density at radius 3 is 0.667 bits per heavy atom. The van der Waals surface area contributed by atoms with Gasteiger partial charge in [-0.2, -0.15) is 0 Å². The summed E-state index contributed by atoms with van der Waals surface area (Å²) in [6.07, 6.45) is 0.